The van der Waals surface area contributed by atoms with Gasteiger partial charge in [-0.05, 0) is 18.8 Å². The van der Waals surface area contributed by atoms with Crippen LogP contribution in [0.2, 0.25) is 0 Å². The molecule has 0 aromatic rings. The molecule has 1 rings (SSSR count). The van der Waals surface area contributed by atoms with Crippen molar-refractivity contribution < 1.29 is 4.84 Å². The molecule has 0 N–H and O–H groups in total. The van der Waals surface area contributed by atoms with E-state index in [0.717, 1.165) is 13.0 Å². The maximum absolute atomic E-state index is 5.11. The topological polar surface area (TPSA) is 21.6 Å². The minimum absolute atomic E-state index is 0.289. The second-order valence-electron chi connectivity index (χ2n) is 4.06. The third-order valence-corrected chi connectivity index (χ3v) is 2.14. The first kappa shape index (κ1) is 8.57. The Kier molecular flexibility index (Phi) is 2.53. The van der Waals surface area contributed by atoms with Crippen LogP contribution in [-0.4, -0.2) is 12.8 Å². The molecule has 2 heteroatoms. The van der Waals surface area contributed by atoms with Gasteiger partial charge in [-0.2, -0.15) is 0 Å². The van der Waals surface area contributed by atoms with Crippen LogP contribution in [0.15, 0.2) is 5.16 Å². The number of rotatable bonds is 1. The summed E-state index contributed by atoms with van der Waals surface area (Å²) in [7, 11) is 0. The van der Waals surface area contributed by atoms with Gasteiger partial charge in [-0.1, -0.05) is 25.9 Å². The Balaban J connectivity index is 2.56. The van der Waals surface area contributed by atoms with Crippen LogP contribution in [0.3, 0.4) is 0 Å². The van der Waals surface area contributed by atoms with E-state index >= 15 is 0 Å². The van der Waals surface area contributed by atoms with Gasteiger partial charge in [0.05, 0.1) is 0 Å². The highest BCUT2D eigenvalue weighted by Gasteiger charge is 2.24. The smallest absolute Gasteiger partial charge is 0.122 e. The highest BCUT2D eigenvalue weighted by Crippen LogP contribution is 2.28. The summed E-state index contributed by atoms with van der Waals surface area (Å²) in [4.78, 5) is 5.11. The Bertz CT molecular complexity index is 152. The molecule has 1 atom stereocenters. The maximum Gasteiger partial charge on any atom is 0.122 e. The normalized spacial score (nSPS) is 29.2. The molecule has 1 heterocycles. The molecular formula is C9H17NO. The van der Waals surface area contributed by atoms with E-state index in [4.69, 9.17) is 4.84 Å². The van der Waals surface area contributed by atoms with Crippen molar-refractivity contribution in [1.29, 1.82) is 0 Å². The summed E-state index contributed by atoms with van der Waals surface area (Å²) < 4.78 is 0. The van der Waals surface area contributed by atoms with Crippen LogP contribution in [0.1, 0.15) is 33.6 Å². The Morgan fingerprint density at radius 3 is 3.00 bits per heavy atom. The van der Waals surface area contributed by atoms with E-state index in [1.807, 2.05) is 6.21 Å². The summed E-state index contributed by atoms with van der Waals surface area (Å²) in [5, 5.41) is 3.89. The number of nitrogens with zero attached hydrogens (tertiary/aromatic N) is 1. The van der Waals surface area contributed by atoms with E-state index in [1.54, 1.807) is 0 Å². The third kappa shape index (κ3) is 2.52. The molecule has 0 amide bonds. The lowest BCUT2D eigenvalue weighted by molar-refractivity contribution is 0.0693. The summed E-state index contributed by atoms with van der Waals surface area (Å²) in [5.74, 6) is 0.604. The third-order valence-electron chi connectivity index (χ3n) is 2.14. The second-order valence-corrected chi connectivity index (χ2v) is 4.06. The van der Waals surface area contributed by atoms with Gasteiger partial charge in [0.1, 0.15) is 6.61 Å². The SMILES string of the molecule is CCC1C=NOCC(C)(C)C1. The Morgan fingerprint density at radius 1 is 1.64 bits per heavy atom. The predicted molar refractivity (Wildman–Crippen MR) is 46.6 cm³/mol. The summed E-state index contributed by atoms with van der Waals surface area (Å²) >= 11 is 0. The van der Waals surface area contributed by atoms with E-state index in [-0.39, 0.29) is 5.41 Å². The lowest BCUT2D eigenvalue weighted by Gasteiger charge is -2.22. The number of hydrogen-bond donors (Lipinski definition) is 0. The molecule has 1 aliphatic rings. The molecule has 0 aliphatic carbocycles. The van der Waals surface area contributed by atoms with Crippen molar-refractivity contribution in [2.45, 2.75) is 33.6 Å². The molecule has 64 valence electrons. The van der Waals surface area contributed by atoms with Gasteiger partial charge < -0.3 is 4.84 Å². The lowest BCUT2D eigenvalue weighted by Crippen LogP contribution is -2.20. The summed E-state index contributed by atoms with van der Waals surface area (Å²) in [6, 6.07) is 0. The van der Waals surface area contributed by atoms with Gasteiger partial charge in [0.15, 0.2) is 0 Å². The molecule has 1 unspecified atom stereocenters. The summed E-state index contributed by atoms with van der Waals surface area (Å²) in [6.07, 6.45) is 4.29. The van der Waals surface area contributed by atoms with Crippen molar-refractivity contribution in [3.05, 3.63) is 0 Å². The Labute approximate surface area is 68.6 Å². The van der Waals surface area contributed by atoms with Gasteiger partial charge in [0, 0.05) is 11.6 Å². The monoisotopic (exact) mass is 155 g/mol. The van der Waals surface area contributed by atoms with Gasteiger partial charge >= 0.3 is 0 Å². The Morgan fingerprint density at radius 2 is 2.36 bits per heavy atom. The first-order chi connectivity index (χ1) is 5.14. The van der Waals surface area contributed by atoms with Crippen molar-refractivity contribution in [2.24, 2.45) is 16.5 Å². The van der Waals surface area contributed by atoms with Crippen molar-refractivity contribution >= 4 is 6.21 Å². The fourth-order valence-corrected chi connectivity index (χ4v) is 1.41. The fraction of sp³-hybridized carbons (Fsp3) is 0.889. The van der Waals surface area contributed by atoms with Crippen LogP contribution in [0, 0.1) is 11.3 Å². The largest absolute Gasteiger partial charge is 0.396 e. The van der Waals surface area contributed by atoms with E-state index in [9.17, 15) is 0 Å². The highest BCUT2D eigenvalue weighted by atomic mass is 16.6. The maximum atomic E-state index is 5.11. The fourth-order valence-electron chi connectivity index (χ4n) is 1.41. The zero-order valence-electron chi connectivity index (χ0n) is 7.63. The number of oxime groups is 1. The van der Waals surface area contributed by atoms with Crippen molar-refractivity contribution in [3.63, 3.8) is 0 Å². The molecule has 1 aliphatic heterocycles. The van der Waals surface area contributed by atoms with Crippen LogP contribution in [0.25, 0.3) is 0 Å². The van der Waals surface area contributed by atoms with E-state index < -0.39 is 0 Å². The van der Waals surface area contributed by atoms with E-state index in [1.165, 1.54) is 6.42 Å². The van der Waals surface area contributed by atoms with Gasteiger partial charge in [-0.25, -0.2) is 0 Å². The van der Waals surface area contributed by atoms with Crippen LogP contribution in [0.4, 0.5) is 0 Å². The highest BCUT2D eigenvalue weighted by molar-refractivity contribution is 5.60. The van der Waals surface area contributed by atoms with E-state index in [2.05, 4.69) is 25.9 Å². The van der Waals surface area contributed by atoms with Gasteiger partial charge in [0.25, 0.3) is 0 Å². The number of hydrogen-bond acceptors (Lipinski definition) is 2. The second kappa shape index (κ2) is 3.24. The molecule has 0 bridgehead atoms. The van der Waals surface area contributed by atoms with E-state index in [0.29, 0.717) is 5.92 Å². The van der Waals surface area contributed by atoms with Crippen molar-refractivity contribution in [3.8, 4) is 0 Å². The summed E-state index contributed by atoms with van der Waals surface area (Å²) in [5.41, 5.74) is 0.289. The molecule has 0 fully saturated rings. The predicted octanol–water partition coefficient (Wildman–Crippen LogP) is 2.44. The zero-order chi connectivity index (χ0) is 8.32. The minimum atomic E-state index is 0.289. The zero-order valence-corrected chi connectivity index (χ0v) is 7.63. The molecule has 11 heavy (non-hydrogen) atoms. The van der Waals surface area contributed by atoms with Crippen LogP contribution in [-0.2, 0) is 4.84 Å². The quantitative estimate of drug-likeness (QED) is 0.570. The van der Waals surface area contributed by atoms with Crippen molar-refractivity contribution in [2.75, 3.05) is 6.61 Å². The summed E-state index contributed by atoms with van der Waals surface area (Å²) in [6.45, 7) is 7.40. The average molecular weight is 155 g/mol. The molecular weight excluding hydrogens is 138 g/mol. The molecule has 0 saturated heterocycles. The lowest BCUT2D eigenvalue weighted by atomic mass is 9.83. The average Bonchev–Trinajstić information content (AvgIpc) is 2.10. The first-order valence-electron chi connectivity index (χ1n) is 4.29. The van der Waals surface area contributed by atoms with Crippen molar-refractivity contribution in [1.82, 2.24) is 0 Å². The first-order valence-corrected chi connectivity index (χ1v) is 4.29. The molecule has 0 radical (unpaired) electrons. The van der Waals surface area contributed by atoms with Crippen LogP contribution < -0.4 is 0 Å². The standard InChI is InChI=1S/C9H17NO/c1-4-8-5-9(2,3)7-11-10-6-8/h6,8H,4-5,7H2,1-3H3. The molecule has 2 nitrogen and oxygen atoms in total. The minimum Gasteiger partial charge on any atom is -0.396 e. The molecule has 0 aromatic carbocycles. The molecule has 0 aromatic heterocycles. The van der Waals surface area contributed by atoms with Crippen LogP contribution in [0.5, 0.6) is 0 Å². The molecule has 0 spiro atoms. The van der Waals surface area contributed by atoms with Gasteiger partial charge in [-0.15, -0.1) is 0 Å². The van der Waals surface area contributed by atoms with Gasteiger partial charge in [0.2, 0.25) is 0 Å². The Hall–Kier alpha value is -0.530. The molecule has 0 saturated carbocycles. The van der Waals surface area contributed by atoms with Crippen LogP contribution >= 0.6 is 0 Å². The van der Waals surface area contributed by atoms with Gasteiger partial charge in [-0.3, -0.25) is 0 Å².